The molecule has 47 heavy (non-hydrogen) atoms. The van der Waals surface area contributed by atoms with Gasteiger partial charge >= 0.3 is 5.97 Å². The van der Waals surface area contributed by atoms with Crippen LogP contribution >= 0.6 is 11.6 Å². The van der Waals surface area contributed by atoms with Crippen molar-refractivity contribution in [3.05, 3.63) is 65.2 Å². The molecule has 10 nitrogen and oxygen atoms in total. The van der Waals surface area contributed by atoms with Gasteiger partial charge in [-0.05, 0) is 45.4 Å². The van der Waals surface area contributed by atoms with Gasteiger partial charge in [-0.25, -0.2) is 9.98 Å². The highest BCUT2D eigenvalue weighted by atomic mass is 35.5. The first-order valence-corrected chi connectivity index (χ1v) is 17.0. The van der Waals surface area contributed by atoms with Crippen LogP contribution in [0.15, 0.2) is 58.6 Å². The third kappa shape index (κ3) is 8.35. The molecule has 1 aliphatic heterocycles. The predicted molar refractivity (Wildman–Crippen MR) is 187 cm³/mol. The molecule has 0 aliphatic carbocycles. The minimum absolute atomic E-state index is 0.0375. The van der Waals surface area contributed by atoms with Crippen molar-refractivity contribution in [1.82, 2.24) is 24.8 Å². The smallest absolute Gasteiger partial charge is 0.305 e. The first kappa shape index (κ1) is 34.0. The Hall–Kier alpha value is -4.31. The van der Waals surface area contributed by atoms with Gasteiger partial charge in [0.25, 0.3) is 0 Å². The second kappa shape index (κ2) is 15.5. The summed E-state index contributed by atoms with van der Waals surface area (Å²) >= 11 is 6.30. The molecule has 11 heteroatoms. The number of halogens is 1. The van der Waals surface area contributed by atoms with E-state index in [0.29, 0.717) is 57.4 Å². The standard InChI is InChI=1S/C36H44ClN7O3/c1-5-6-7-8-9-10-11-12-16-19-29(46)47-23-36(3,4)35-42-41-34-30(24(2)43-44(34)35)38-33-31(27-22-26(37)20-21-28(27)45)39-32(40-33)25-17-14-13-15-18-25/h13-15,17-18,20-22,45H,5-12,16,19,23H2,1-4H3,(H,39,40). The lowest BCUT2D eigenvalue weighted by molar-refractivity contribution is -0.145. The number of ether oxygens (including phenoxy) is 1. The molecule has 5 rings (SSSR count). The summed E-state index contributed by atoms with van der Waals surface area (Å²) in [6, 6.07) is 14.5. The molecule has 0 saturated heterocycles. The van der Waals surface area contributed by atoms with E-state index < -0.39 is 5.41 Å². The Morgan fingerprint density at radius 1 is 1.00 bits per heavy atom. The number of esters is 1. The van der Waals surface area contributed by atoms with Gasteiger partial charge in [-0.1, -0.05) is 100 Å². The molecule has 0 amide bonds. The van der Waals surface area contributed by atoms with Crippen LogP contribution in [0.4, 0.5) is 5.82 Å². The predicted octanol–water partition coefficient (Wildman–Crippen LogP) is 8.79. The van der Waals surface area contributed by atoms with E-state index in [-0.39, 0.29) is 18.3 Å². The number of fused-ring (bicyclic) bond motifs is 1. The second-order valence-electron chi connectivity index (χ2n) is 12.7. The van der Waals surface area contributed by atoms with Crippen LogP contribution in [-0.4, -0.2) is 53.9 Å². The van der Waals surface area contributed by atoms with Crippen molar-refractivity contribution in [2.75, 3.05) is 6.61 Å². The number of unbranched alkanes of at least 4 members (excludes halogenated alkanes) is 8. The van der Waals surface area contributed by atoms with Crippen LogP contribution < -0.4 is 0 Å². The first-order chi connectivity index (χ1) is 22.7. The quantitative estimate of drug-likeness (QED) is 0.0914. The number of carbonyl (C=O) groups excluding carboxylic acids is 1. The topological polar surface area (TPSA) is 131 Å². The summed E-state index contributed by atoms with van der Waals surface area (Å²) in [5.74, 6) is 1.78. The fourth-order valence-electron chi connectivity index (χ4n) is 5.59. The lowest BCUT2D eigenvalue weighted by Gasteiger charge is -2.22. The molecule has 0 saturated carbocycles. The lowest BCUT2D eigenvalue weighted by Crippen LogP contribution is -2.29. The SMILES string of the molecule is CCCCCCCCCCCC(=O)OCC(C)(C)c1nnc2n1N=C(C)C2=Nc1nc(-c2ccccc2)[nH]c1-c1cc(Cl)ccc1O. The number of H-pyrrole nitrogens is 1. The summed E-state index contributed by atoms with van der Waals surface area (Å²) < 4.78 is 7.35. The van der Waals surface area contributed by atoms with E-state index in [1.54, 1.807) is 16.8 Å². The van der Waals surface area contributed by atoms with Gasteiger partial charge in [-0.2, -0.15) is 9.78 Å². The van der Waals surface area contributed by atoms with Crippen molar-refractivity contribution < 1.29 is 14.6 Å². The number of rotatable bonds is 16. The fourth-order valence-corrected chi connectivity index (χ4v) is 5.76. The van der Waals surface area contributed by atoms with Gasteiger partial charge in [0.05, 0.1) is 16.8 Å². The van der Waals surface area contributed by atoms with Crippen molar-refractivity contribution in [3.63, 3.8) is 0 Å². The van der Waals surface area contributed by atoms with E-state index in [9.17, 15) is 9.90 Å². The van der Waals surface area contributed by atoms with Gasteiger partial charge in [-0.3, -0.25) is 4.79 Å². The summed E-state index contributed by atoms with van der Waals surface area (Å²) in [6.45, 7) is 8.14. The maximum Gasteiger partial charge on any atom is 0.305 e. The van der Waals surface area contributed by atoms with E-state index in [1.807, 2.05) is 51.1 Å². The maximum atomic E-state index is 12.6. The van der Waals surface area contributed by atoms with Crippen LogP contribution in [-0.2, 0) is 14.9 Å². The molecule has 0 radical (unpaired) electrons. The Morgan fingerprint density at radius 2 is 1.70 bits per heavy atom. The maximum absolute atomic E-state index is 12.6. The number of nitrogens with one attached hydrogen (secondary N) is 1. The highest BCUT2D eigenvalue weighted by Crippen LogP contribution is 2.38. The largest absolute Gasteiger partial charge is 0.507 e. The minimum Gasteiger partial charge on any atom is -0.507 e. The van der Waals surface area contributed by atoms with Gasteiger partial charge in [-0.15, -0.1) is 10.2 Å². The Balaban J connectivity index is 1.29. The van der Waals surface area contributed by atoms with E-state index in [0.717, 1.165) is 24.8 Å². The first-order valence-electron chi connectivity index (χ1n) is 16.6. The number of phenols is 1. The number of hydrogen-bond donors (Lipinski definition) is 2. The van der Waals surface area contributed by atoms with Crippen LogP contribution in [0.1, 0.15) is 104 Å². The molecule has 248 valence electrons. The molecule has 0 spiro atoms. The third-order valence-corrected chi connectivity index (χ3v) is 8.54. The summed E-state index contributed by atoms with van der Waals surface area (Å²) in [4.78, 5) is 25.6. The van der Waals surface area contributed by atoms with E-state index in [4.69, 9.17) is 31.4 Å². The number of aliphatic imine (C=N–C) groups is 1. The van der Waals surface area contributed by atoms with Crippen LogP contribution in [0.3, 0.4) is 0 Å². The van der Waals surface area contributed by atoms with Crippen molar-refractivity contribution in [1.29, 1.82) is 0 Å². The number of phenolic OH excluding ortho intramolecular Hbond substituents is 1. The van der Waals surface area contributed by atoms with Crippen LogP contribution in [0.25, 0.3) is 22.6 Å². The molecule has 2 aromatic carbocycles. The summed E-state index contributed by atoms with van der Waals surface area (Å²) in [5.41, 5.74) is 2.30. The highest BCUT2D eigenvalue weighted by molar-refractivity contribution is 6.48. The highest BCUT2D eigenvalue weighted by Gasteiger charge is 2.35. The minimum atomic E-state index is -0.650. The number of carbonyl (C=O) groups is 1. The number of nitrogens with zero attached hydrogens (tertiary/aromatic N) is 6. The molecule has 2 aromatic heterocycles. The van der Waals surface area contributed by atoms with Crippen LogP contribution in [0, 0.1) is 0 Å². The zero-order chi connectivity index (χ0) is 33.4. The van der Waals surface area contributed by atoms with Crippen LogP contribution in [0.2, 0.25) is 5.02 Å². The fraction of sp³-hybridized carbons (Fsp3) is 0.444. The van der Waals surface area contributed by atoms with Gasteiger partial charge in [0.2, 0.25) is 5.82 Å². The molecular weight excluding hydrogens is 614 g/mol. The Labute approximate surface area is 281 Å². The monoisotopic (exact) mass is 657 g/mol. The Morgan fingerprint density at radius 3 is 2.43 bits per heavy atom. The molecule has 0 unspecified atom stereocenters. The van der Waals surface area contributed by atoms with Crippen molar-refractivity contribution >= 4 is 34.8 Å². The second-order valence-corrected chi connectivity index (χ2v) is 13.2. The molecule has 4 aromatic rings. The average molecular weight is 658 g/mol. The number of aromatic amines is 1. The van der Waals surface area contributed by atoms with Gasteiger partial charge < -0.3 is 14.8 Å². The Bertz CT molecular complexity index is 1740. The Kier molecular flexibility index (Phi) is 11.2. The lowest BCUT2D eigenvalue weighted by atomic mass is 9.94. The zero-order valence-corrected chi connectivity index (χ0v) is 28.5. The third-order valence-electron chi connectivity index (χ3n) is 8.31. The van der Waals surface area contributed by atoms with Crippen molar-refractivity contribution in [3.8, 4) is 28.4 Å². The molecule has 0 atom stereocenters. The van der Waals surface area contributed by atoms with Gasteiger partial charge in [0.15, 0.2) is 11.6 Å². The van der Waals surface area contributed by atoms with E-state index >= 15 is 0 Å². The molecule has 2 N–H and O–H groups in total. The number of imidazole rings is 1. The van der Waals surface area contributed by atoms with Gasteiger partial charge in [0, 0.05) is 22.6 Å². The molecular formula is C36H44ClN7O3. The summed E-state index contributed by atoms with van der Waals surface area (Å²) in [5, 5.41) is 24.8. The number of benzene rings is 2. The summed E-state index contributed by atoms with van der Waals surface area (Å²) in [7, 11) is 0. The molecule has 1 aliphatic rings. The number of aromatic hydroxyl groups is 1. The molecule has 3 heterocycles. The molecule has 0 bridgehead atoms. The number of hydrogen-bond acceptors (Lipinski definition) is 8. The zero-order valence-electron chi connectivity index (χ0n) is 27.7. The molecule has 0 fully saturated rings. The van der Waals surface area contributed by atoms with Crippen molar-refractivity contribution in [2.24, 2.45) is 10.1 Å². The van der Waals surface area contributed by atoms with E-state index in [1.165, 1.54) is 44.6 Å². The summed E-state index contributed by atoms with van der Waals surface area (Å²) in [6.07, 6.45) is 11.2. The van der Waals surface area contributed by atoms with E-state index in [2.05, 4.69) is 22.1 Å². The number of aromatic nitrogens is 5. The normalized spacial score (nSPS) is 13.6. The van der Waals surface area contributed by atoms with Crippen molar-refractivity contribution in [2.45, 2.75) is 97.3 Å². The average Bonchev–Trinajstić information content (AvgIpc) is 3.75. The van der Waals surface area contributed by atoms with Gasteiger partial charge in [0.1, 0.15) is 23.9 Å². The van der Waals surface area contributed by atoms with Crippen LogP contribution in [0.5, 0.6) is 5.75 Å².